The number of hydrogen-bond acceptors (Lipinski definition) is 4. The third-order valence-corrected chi connectivity index (χ3v) is 5.94. The lowest BCUT2D eigenvalue weighted by Gasteiger charge is -2.18. The average molecular weight is 394 g/mol. The van der Waals surface area contributed by atoms with Crippen molar-refractivity contribution in [3.8, 4) is 0 Å². The van der Waals surface area contributed by atoms with Gasteiger partial charge in [-0.15, -0.1) is 0 Å². The Morgan fingerprint density at radius 2 is 2.00 bits per heavy atom. The molecule has 2 aliphatic rings. The van der Waals surface area contributed by atoms with Gasteiger partial charge in [0, 0.05) is 31.3 Å². The van der Waals surface area contributed by atoms with E-state index in [2.05, 4.69) is 10.4 Å². The number of nitrogens with one attached hydrogen (secondary N) is 1. The molecule has 4 rings (SSSR count). The summed E-state index contributed by atoms with van der Waals surface area (Å²) in [6.45, 7) is 5.07. The number of rotatable bonds is 5. The standard InChI is InChI=1S/C22H26N4O3/c1-14-6-7-18(10-15(14)2)25-13-17(12-20(25)27)22(29)23-8-9-26-21(28)11-16-4-3-5-19(16)24-26/h6-7,10-11,17H,3-5,8-9,12-13H2,1-2H3,(H,23,29). The summed E-state index contributed by atoms with van der Waals surface area (Å²) in [6.07, 6.45) is 3.06. The lowest BCUT2D eigenvalue weighted by atomic mass is 10.1. The second-order valence-electron chi connectivity index (χ2n) is 8.00. The molecule has 1 aromatic carbocycles. The highest BCUT2D eigenvalue weighted by atomic mass is 16.2. The lowest BCUT2D eigenvalue weighted by molar-refractivity contribution is -0.126. The van der Waals surface area contributed by atoms with Gasteiger partial charge in [-0.3, -0.25) is 14.4 Å². The monoisotopic (exact) mass is 394 g/mol. The fourth-order valence-electron chi connectivity index (χ4n) is 4.06. The Balaban J connectivity index is 1.34. The summed E-state index contributed by atoms with van der Waals surface area (Å²) in [5.41, 5.74) is 5.03. The molecule has 1 aliphatic carbocycles. The second kappa shape index (κ2) is 7.81. The zero-order chi connectivity index (χ0) is 20.5. The summed E-state index contributed by atoms with van der Waals surface area (Å²) < 4.78 is 1.42. The molecule has 7 heteroatoms. The van der Waals surface area contributed by atoms with E-state index >= 15 is 0 Å². The molecule has 2 heterocycles. The minimum absolute atomic E-state index is 0.0371. The molecule has 0 spiro atoms. The number of nitrogens with zero attached hydrogens (tertiary/aromatic N) is 3. The summed E-state index contributed by atoms with van der Waals surface area (Å²) >= 11 is 0. The number of benzene rings is 1. The maximum Gasteiger partial charge on any atom is 0.267 e. The van der Waals surface area contributed by atoms with E-state index in [4.69, 9.17) is 0 Å². The van der Waals surface area contributed by atoms with Crippen LogP contribution in [0.3, 0.4) is 0 Å². The zero-order valence-corrected chi connectivity index (χ0v) is 16.9. The number of carbonyl (C=O) groups excluding carboxylic acids is 2. The van der Waals surface area contributed by atoms with Crippen molar-refractivity contribution in [1.29, 1.82) is 0 Å². The van der Waals surface area contributed by atoms with Crippen LogP contribution in [0.5, 0.6) is 0 Å². The van der Waals surface area contributed by atoms with E-state index in [-0.39, 0.29) is 29.7 Å². The van der Waals surface area contributed by atoms with Gasteiger partial charge in [0.25, 0.3) is 5.56 Å². The van der Waals surface area contributed by atoms with Crippen LogP contribution >= 0.6 is 0 Å². The van der Waals surface area contributed by atoms with Crippen molar-refractivity contribution in [3.63, 3.8) is 0 Å². The highest BCUT2D eigenvalue weighted by molar-refractivity contribution is 6.00. The molecule has 152 valence electrons. The highest BCUT2D eigenvalue weighted by Crippen LogP contribution is 2.27. The summed E-state index contributed by atoms with van der Waals surface area (Å²) in [5, 5.41) is 7.28. The van der Waals surface area contributed by atoms with Crippen molar-refractivity contribution in [2.45, 2.75) is 46.1 Å². The van der Waals surface area contributed by atoms with Crippen molar-refractivity contribution in [1.82, 2.24) is 15.1 Å². The molecule has 0 bridgehead atoms. The Morgan fingerprint density at radius 1 is 1.17 bits per heavy atom. The predicted octanol–water partition coefficient (Wildman–Crippen LogP) is 1.52. The quantitative estimate of drug-likeness (QED) is 0.833. The fourth-order valence-corrected chi connectivity index (χ4v) is 4.06. The minimum Gasteiger partial charge on any atom is -0.354 e. The third-order valence-electron chi connectivity index (χ3n) is 5.94. The van der Waals surface area contributed by atoms with E-state index in [0.717, 1.165) is 41.8 Å². The summed E-state index contributed by atoms with van der Waals surface area (Å²) in [5.74, 6) is -0.572. The molecule has 2 aromatic rings. The van der Waals surface area contributed by atoms with Gasteiger partial charge < -0.3 is 10.2 Å². The molecule has 0 saturated carbocycles. The van der Waals surface area contributed by atoms with Crippen LogP contribution < -0.4 is 15.8 Å². The first kappa shape index (κ1) is 19.4. The Hall–Kier alpha value is -2.96. The van der Waals surface area contributed by atoms with Gasteiger partial charge in [-0.1, -0.05) is 6.07 Å². The van der Waals surface area contributed by atoms with E-state index in [1.807, 2.05) is 32.0 Å². The first-order valence-electron chi connectivity index (χ1n) is 10.2. The van der Waals surface area contributed by atoms with Crippen LogP contribution in [0.2, 0.25) is 0 Å². The number of aromatic nitrogens is 2. The summed E-state index contributed by atoms with van der Waals surface area (Å²) in [4.78, 5) is 38.8. The van der Waals surface area contributed by atoms with Crippen LogP contribution in [0, 0.1) is 19.8 Å². The molecule has 1 fully saturated rings. The summed E-state index contributed by atoms with van der Waals surface area (Å²) in [7, 11) is 0. The Morgan fingerprint density at radius 3 is 2.79 bits per heavy atom. The van der Waals surface area contributed by atoms with Crippen molar-refractivity contribution in [3.05, 3.63) is 57.0 Å². The van der Waals surface area contributed by atoms with Gasteiger partial charge in [0.2, 0.25) is 11.8 Å². The Kier molecular flexibility index (Phi) is 5.22. The number of fused-ring (bicyclic) bond motifs is 1. The van der Waals surface area contributed by atoms with Crippen LogP contribution in [-0.2, 0) is 29.0 Å². The molecule has 2 amide bonds. The zero-order valence-electron chi connectivity index (χ0n) is 16.9. The van der Waals surface area contributed by atoms with Crippen LogP contribution in [0.1, 0.15) is 35.2 Å². The predicted molar refractivity (Wildman–Crippen MR) is 110 cm³/mol. The number of carbonyl (C=O) groups is 2. The smallest absolute Gasteiger partial charge is 0.267 e. The average Bonchev–Trinajstić information content (AvgIpc) is 3.30. The molecule has 1 aromatic heterocycles. The molecule has 7 nitrogen and oxygen atoms in total. The molecule has 1 N–H and O–H groups in total. The van der Waals surface area contributed by atoms with E-state index in [9.17, 15) is 14.4 Å². The van der Waals surface area contributed by atoms with E-state index in [0.29, 0.717) is 19.6 Å². The first-order chi connectivity index (χ1) is 13.9. The third kappa shape index (κ3) is 3.95. The normalized spacial score (nSPS) is 18.2. The Bertz CT molecular complexity index is 1030. The van der Waals surface area contributed by atoms with Gasteiger partial charge in [0.15, 0.2) is 0 Å². The van der Waals surface area contributed by atoms with E-state index in [1.54, 1.807) is 11.0 Å². The minimum atomic E-state index is -0.381. The van der Waals surface area contributed by atoms with Gasteiger partial charge in [-0.2, -0.15) is 5.10 Å². The van der Waals surface area contributed by atoms with Gasteiger partial charge in [0.1, 0.15) is 0 Å². The number of hydrogen-bond donors (Lipinski definition) is 1. The first-order valence-corrected chi connectivity index (χ1v) is 10.2. The van der Waals surface area contributed by atoms with Gasteiger partial charge in [-0.05, 0) is 61.9 Å². The second-order valence-corrected chi connectivity index (χ2v) is 8.00. The van der Waals surface area contributed by atoms with Gasteiger partial charge in [0.05, 0.1) is 18.2 Å². The highest BCUT2D eigenvalue weighted by Gasteiger charge is 2.35. The largest absolute Gasteiger partial charge is 0.354 e. The lowest BCUT2D eigenvalue weighted by Crippen LogP contribution is -2.36. The van der Waals surface area contributed by atoms with Crippen molar-refractivity contribution < 1.29 is 9.59 Å². The van der Waals surface area contributed by atoms with Crippen molar-refractivity contribution in [2.24, 2.45) is 5.92 Å². The maximum atomic E-state index is 12.6. The molecular formula is C22H26N4O3. The van der Waals surface area contributed by atoms with Gasteiger partial charge >= 0.3 is 0 Å². The molecule has 1 aliphatic heterocycles. The molecule has 29 heavy (non-hydrogen) atoms. The number of aryl methyl sites for hydroxylation is 4. The van der Waals surface area contributed by atoms with E-state index < -0.39 is 0 Å². The molecule has 1 atom stereocenters. The Labute approximate surface area is 169 Å². The number of amides is 2. The fraction of sp³-hybridized carbons (Fsp3) is 0.455. The molecule has 1 unspecified atom stereocenters. The SMILES string of the molecule is Cc1ccc(N2CC(C(=O)NCCn3nc4c(cc3=O)CCC4)CC2=O)cc1C. The molecule has 1 saturated heterocycles. The van der Waals surface area contributed by atoms with Crippen LogP contribution in [-0.4, -0.2) is 34.7 Å². The van der Waals surface area contributed by atoms with E-state index in [1.165, 1.54) is 10.2 Å². The maximum absolute atomic E-state index is 12.6. The van der Waals surface area contributed by atoms with Crippen molar-refractivity contribution in [2.75, 3.05) is 18.0 Å². The molecule has 0 radical (unpaired) electrons. The van der Waals surface area contributed by atoms with Crippen LogP contribution in [0.25, 0.3) is 0 Å². The van der Waals surface area contributed by atoms with Crippen LogP contribution in [0.4, 0.5) is 5.69 Å². The number of anilines is 1. The van der Waals surface area contributed by atoms with Gasteiger partial charge in [-0.25, -0.2) is 4.68 Å². The summed E-state index contributed by atoms with van der Waals surface area (Å²) in [6, 6.07) is 7.56. The molecular weight excluding hydrogens is 368 g/mol. The van der Waals surface area contributed by atoms with Crippen molar-refractivity contribution >= 4 is 17.5 Å². The van der Waals surface area contributed by atoms with Crippen LogP contribution in [0.15, 0.2) is 29.1 Å². The topological polar surface area (TPSA) is 84.3 Å².